The van der Waals surface area contributed by atoms with Crippen molar-refractivity contribution in [1.82, 2.24) is 0 Å². The van der Waals surface area contributed by atoms with E-state index in [-0.39, 0.29) is 0 Å². The summed E-state index contributed by atoms with van der Waals surface area (Å²) in [5.41, 5.74) is 0. The van der Waals surface area contributed by atoms with E-state index in [9.17, 15) is 13.2 Å². The second-order valence-electron chi connectivity index (χ2n) is 0.755. The van der Waals surface area contributed by atoms with Gasteiger partial charge in [0.2, 0.25) is 0 Å². The summed E-state index contributed by atoms with van der Waals surface area (Å²) < 4.78 is 35.1. The first-order valence-electron chi connectivity index (χ1n) is 1.28. The Morgan fingerprint density at radius 1 is 1.25 bits per heavy atom. The third-order valence-corrected chi connectivity index (χ3v) is 1.61. The third kappa shape index (κ3) is 6.69. The summed E-state index contributed by atoms with van der Waals surface area (Å²) >= 11 is -2.74. The van der Waals surface area contributed by atoms with Crippen LogP contribution in [0.3, 0.4) is 0 Å². The van der Waals surface area contributed by atoms with E-state index >= 15 is 0 Å². The first-order valence-corrected chi connectivity index (χ1v) is 6.55. The Labute approximate surface area is 55.9 Å². The molecule has 0 radical (unpaired) electrons. The Bertz CT molecular complexity index is 104. The van der Waals surface area contributed by atoms with Gasteiger partial charge in [-0.05, 0) is 0 Å². The Hall–Kier alpha value is 0.689. The Morgan fingerprint density at radius 2 is 1.62 bits per heavy atom. The quantitative estimate of drug-likeness (QED) is 0.449. The zero-order valence-corrected chi connectivity index (χ0v) is 6.47. The summed E-state index contributed by atoms with van der Waals surface area (Å²) in [6.07, 6.45) is -4.56. The van der Waals surface area contributed by atoms with Crippen molar-refractivity contribution < 1.29 is 13.2 Å². The van der Waals surface area contributed by atoms with Crippen LogP contribution in [0.15, 0.2) is 3.96 Å². The molecular weight excluding hydrogens is 233 g/mol. The maximum atomic E-state index is 11.0. The zero-order chi connectivity index (χ0) is 6.78. The topological polar surface area (TPSA) is 12.4 Å². The van der Waals surface area contributed by atoms with Crippen LogP contribution in [0.5, 0.6) is 0 Å². The molecule has 0 heterocycles. The van der Waals surface area contributed by atoms with E-state index in [1.807, 2.05) is 0 Å². The van der Waals surface area contributed by atoms with Gasteiger partial charge in [-0.1, -0.05) is 0 Å². The summed E-state index contributed by atoms with van der Waals surface area (Å²) in [6.45, 7) is 0. The molecule has 8 heavy (non-hydrogen) atoms. The van der Waals surface area contributed by atoms with E-state index in [0.29, 0.717) is 0 Å². The molecule has 0 bridgehead atoms. The number of nitrogens with zero attached hydrogens (tertiary/aromatic N) is 1. The summed E-state index contributed by atoms with van der Waals surface area (Å²) in [5, 5.41) is 0. The van der Waals surface area contributed by atoms with Crippen LogP contribution in [0.25, 0.3) is 0 Å². The fraction of sp³-hybridized carbons (Fsp3) is 1.00. The van der Waals surface area contributed by atoms with E-state index < -0.39 is 18.2 Å². The summed E-state index contributed by atoms with van der Waals surface area (Å²) in [4.78, 5) is 0. The third-order valence-electron chi connectivity index (χ3n) is 0.173. The van der Waals surface area contributed by atoms with Crippen LogP contribution >= 0.6 is 20.2 Å². The van der Waals surface area contributed by atoms with Crippen molar-refractivity contribution in [2.45, 2.75) is 6.30 Å². The molecule has 0 aliphatic heterocycles. The van der Waals surface area contributed by atoms with Gasteiger partial charge in [-0.25, -0.2) is 0 Å². The van der Waals surface area contributed by atoms with Gasteiger partial charge >= 0.3 is 55.5 Å². The molecular formula is CCl2F3NSe. The molecule has 0 amide bonds. The predicted molar refractivity (Wildman–Crippen MR) is 25.9 cm³/mol. The minimum atomic E-state index is -4.56. The molecule has 0 aromatic carbocycles. The second-order valence-corrected chi connectivity index (χ2v) is 5.82. The molecule has 0 aliphatic carbocycles. The standard InChI is InChI=1S/CCl2F3NSe/c2-8(3)7-1(4,5)6. The van der Waals surface area contributed by atoms with Crippen LogP contribution in [-0.2, 0) is 0 Å². The van der Waals surface area contributed by atoms with Crippen LogP contribution in [0, 0.1) is 0 Å². The molecule has 0 unspecified atom stereocenters. The average molecular weight is 233 g/mol. The van der Waals surface area contributed by atoms with Gasteiger partial charge < -0.3 is 0 Å². The predicted octanol–water partition coefficient (Wildman–Crippen LogP) is 2.24. The molecule has 1 nitrogen and oxygen atoms in total. The van der Waals surface area contributed by atoms with E-state index in [1.165, 1.54) is 0 Å². The van der Waals surface area contributed by atoms with Gasteiger partial charge in [0.15, 0.2) is 0 Å². The van der Waals surface area contributed by atoms with Crippen molar-refractivity contribution in [2.24, 2.45) is 3.96 Å². The van der Waals surface area contributed by atoms with Crippen LogP contribution < -0.4 is 0 Å². The van der Waals surface area contributed by atoms with Gasteiger partial charge in [0.1, 0.15) is 0 Å². The Balaban J connectivity index is 3.89. The van der Waals surface area contributed by atoms with Crippen molar-refractivity contribution in [3.63, 3.8) is 0 Å². The number of rotatable bonds is 0. The van der Waals surface area contributed by atoms with Crippen LogP contribution in [0.2, 0.25) is 0 Å². The first-order chi connectivity index (χ1) is 3.42. The molecule has 0 aliphatic rings. The molecule has 0 saturated heterocycles. The van der Waals surface area contributed by atoms with Gasteiger partial charge in [-0.3, -0.25) is 0 Å². The van der Waals surface area contributed by atoms with Gasteiger partial charge in [0.25, 0.3) is 0 Å². The number of hydrogen-bond acceptors (Lipinski definition) is 1. The van der Waals surface area contributed by atoms with E-state index in [0.717, 1.165) is 0 Å². The molecule has 0 rings (SSSR count). The monoisotopic (exact) mass is 233 g/mol. The van der Waals surface area contributed by atoms with Crippen molar-refractivity contribution in [1.29, 1.82) is 0 Å². The van der Waals surface area contributed by atoms with Crippen molar-refractivity contribution in [2.75, 3.05) is 0 Å². The average Bonchev–Trinajstić information content (AvgIpc) is 1.21. The molecule has 0 fully saturated rings. The Morgan fingerprint density at radius 3 is 1.62 bits per heavy atom. The number of alkyl halides is 3. The zero-order valence-electron chi connectivity index (χ0n) is 3.25. The van der Waals surface area contributed by atoms with Crippen LogP contribution in [0.1, 0.15) is 0 Å². The molecule has 0 aromatic heterocycles. The van der Waals surface area contributed by atoms with Crippen molar-refractivity contribution in [3.05, 3.63) is 0 Å². The summed E-state index contributed by atoms with van der Waals surface area (Å²) in [6, 6.07) is 0. The first kappa shape index (κ1) is 8.69. The molecule has 7 heteroatoms. The SMILES string of the molecule is FC(F)(F)N=[Se](Cl)Cl. The molecule has 0 saturated carbocycles. The second kappa shape index (κ2) is 3.01. The fourth-order valence-corrected chi connectivity index (χ4v) is 1.22. The van der Waals surface area contributed by atoms with Crippen LogP contribution in [0.4, 0.5) is 13.2 Å². The fourth-order valence-electron chi connectivity index (χ4n) is 0.0782. The van der Waals surface area contributed by atoms with Gasteiger partial charge in [-0.15, -0.1) is 0 Å². The van der Waals surface area contributed by atoms with E-state index in [2.05, 4.69) is 3.96 Å². The molecule has 0 N–H and O–H groups in total. The van der Waals surface area contributed by atoms with Crippen molar-refractivity contribution in [3.8, 4) is 0 Å². The van der Waals surface area contributed by atoms with Gasteiger partial charge in [0.05, 0.1) is 0 Å². The summed E-state index contributed by atoms with van der Waals surface area (Å²) in [7, 11) is 9.53. The maximum absolute atomic E-state index is 11.0. The van der Waals surface area contributed by atoms with Crippen LogP contribution in [-0.4, -0.2) is 18.2 Å². The van der Waals surface area contributed by atoms with E-state index in [1.54, 1.807) is 0 Å². The molecule has 0 atom stereocenters. The van der Waals surface area contributed by atoms with Gasteiger partial charge in [0, 0.05) is 0 Å². The van der Waals surface area contributed by atoms with E-state index in [4.69, 9.17) is 20.2 Å². The minimum absolute atomic E-state index is 2.07. The van der Waals surface area contributed by atoms with Crippen molar-refractivity contribution >= 4 is 32.1 Å². The number of halogens is 5. The molecule has 0 spiro atoms. The normalized spacial score (nSPS) is 12.2. The summed E-state index contributed by atoms with van der Waals surface area (Å²) in [5.74, 6) is 0. The number of hydrogen-bond donors (Lipinski definition) is 0. The molecule has 50 valence electrons. The van der Waals surface area contributed by atoms with Gasteiger partial charge in [-0.2, -0.15) is 0 Å². The Kier molecular flexibility index (Phi) is 3.27. The molecule has 0 aromatic rings.